The first-order valence-corrected chi connectivity index (χ1v) is 14.7. The van der Waals surface area contributed by atoms with Crippen LogP contribution in [-0.4, -0.2) is 0 Å². The summed E-state index contributed by atoms with van der Waals surface area (Å²) in [6.45, 7) is 4.72. The highest BCUT2D eigenvalue weighted by Crippen LogP contribution is 2.63. The molecule has 0 aliphatic heterocycles. The van der Waals surface area contributed by atoms with Crippen LogP contribution >= 0.6 is 0 Å². The fourth-order valence-corrected chi connectivity index (χ4v) is 8.94. The molecule has 0 radical (unpaired) electrons. The summed E-state index contributed by atoms with van der Waals surface area (Å²) in [6, 6.07) is 0. The van der Waals surface area contributed by atoms with Crippen molar-refractivity contribution in [2.24, 2.45) is 34.5 Å². The normalized spacial score (nSPS) is 41.8. The lowest BCUT2D eigenvalue weighted by molar-refractivity contribution is -0.0680. The first-order chi connectivity index (χ1) is 14.7. The number of unbranched alkanes of at least 4 members (excludes halogenated alkanes) is 4. The van der Waals surface area contributed by atoms with Gasteiger partial charge in [0.05, 0.1) is 0 Å². The van der Waals surface area contributed by atoms with Gasteiger partial charge in [-0.05, 0) is 118 Å². The average molecular weight is 415 g/mol. The molecule has 5 aliphatic rings. The molecule has 0 aromatic rings. The van der Waals surface area contributed by atoms with Gasteiger partial charge < -0.3 is 0 Å². The standard InChI is InChI=1S/C30H54/c1-3-5-6-7-8-18-29-19-22-30(23-20-29,24-21-29)28-16-14-27(15-17-28)26-12-10-25(9-4-2)11-13-26/h25-28H,3-24H2,1-2H3/t25-,26-,27?,28?,29?,30?. The van der Waals surface area contributed by atoms with E-state index in [1.54, 1.807) is 96.3 Å². The molecular weight excluding hydrogens is 360 g/mol. The predicted octanol–water partition coefficient (Wildman–Crippen LogP) is 10.1. The Morgan fingerprint density at radius 3 is 1.70 bits per heavy atom. The highest BCUT2D eigenvalue weighted by atomic mass is 14.6. The van der Waals surface area contributed by atoms with Crippen LogP contribution in [0, 0.1) is 34.5 Å². The molecule has 30 heavy (non-hydrogen) atoms. The zero-order chi connectivity index (χ0) is 20.9. The molecule has 5 saturated carbocycles. The van der Waals surface area contributed by atoms with E-state index in [0.717, 1.165) is 34.5 Å². The van der Waals surface area contributed by atoms with Gasteiger partial charge in [-0.25, -0.2) is 0 Å². The van der Waals surface area contributed by atoms with Crippen LogP contribution in [0.3, 0.4) is 0 Å². The molecule has 0 heterocycles. The molecule has 0 aromatic carbocycles. The summed E-state index contributed by atoms with van der Waals surface area (Å²) in [5.74, 6) is 4.40. The first kappa shape index (κ1) is 23.2. The molecular formula is C30H54. The molecule has 0 N–H and O–H groups in total. The van der Waals surface area contributed by atoms with Crippen molar-refractivity contribution in [3.8, 4) is 0 Å². The number of fused-ring (bicyclic) bond motifs is 3. The molecule has 0 atom stereocenters. The van der Waals surface area contributed by atoms with E-state index in [9.17, 15) is 0 Å². The summed E-state index contributed by atoms with van der Waals surface area (Å²) < 4.78 is 0. The second-order valence-corrected chi connectivity index (χ2v) is 12.7. The third-order valence-electron chi connectivity index (χ3n) is 11.2. The third kappa shape index (κ3) is 5.31. The molecule has 0 nitrogen and oxygen atoms in total. The van der Waals surface area contributed by atoms with Gasteiger partial charge in [-0.3, -0.25) is 0 Å². The first-order valence-electron chi connectivity index (χ1n) is 14.7. The van der Waals surface area contributed by atoms with Crippen LogP contribution in [0.2, 0.25) is 0 Å². The Morgan fingerprint density at radius 1 is 0.567 bits per heavy atom. The fraction of sp³-hybridized carbons (Fsp3) is 1.00. The van der Waals surface area contributed by atoms with E-state index in [1.807, 2.05) is 0 Å². The van der Waals surface area contributed by atoms with E-state index >= 15 is 0 Å². The van der Waals surface area contributed by atoms with Gasteiger partial charge in [-0.15, -0.1) is 0 Å². The Bertz CT molecular complexity index is 464. The fourth-order valence-electron chi connectivity index (χ4n) is 8.94. The molecule has 0 heteroatoms. The van der Waals surface area contributed by atoms with Crippen LogP contribution in [0.1, 0.15) is 155 Å². The van der Waals surface area contributed by atoms with E-state index < -0.39 is 0 Å². The molecule has 5 fully saturated rings. The minimum absolute atomic E-state index is 0.794. The minimum Gasteiger partial charge on any atom is -0.0654 e. The van der Waals surface area contributed by atoms with Gasteiger partial charge in [0.1, 0.15) is 0 Å². The second-order valence-electron chi connectivity index (χ2n) is 12.7. The third-order valence-corrected chi connectivity index (χ3v) is 11.2. The van der Waals surface area contributed by atoms with Gasteiger partial charge in [0.25, 0.3) is 0 Å². The summed E-state index contributed by atoms with van der Waals surface area (Å²) in [7, 11) is 0. The van der Waals surface area contributed by atoms with Crippen LogP contribution in [0.4, 0.5) is 0 Å². The maximum Gasteiger partial charge on any atom is -0.0269 e. The van der Waals surface area contributed by atoms with Crippen LogP contribution in [0.25, 0.3) is 0 Å². The Labute approximate surface area is 189 Å². The highest BCUT2D eigenvalue weighted by Gasteiger charge is 2.51. The van der Waals surface area contributed by atoms with Crippen molar-refractivity contribution in [2.75, 3.05) is 0 Å². The monoisotopic (exact) mass is 414 g/mol. The smallest absolute Gasteiger partial charge is 0.0269 e. The zero-order valence-corrected chi connectivity index (χ0v) is 20.9. The molecule has 5 aliphatic carbocycles. The van der Waals surface area contributed by atoms with E-state index in [1.165, 1.54) is 44.9 Å². The van der Waals surface area contributed by atoms with Crippen molar-refractivity contribution in [1.29, 1.82) is 0 Å². The van der Waals surface area contributed by atoms with Crippen molar-refractivity contribution in [3.05, 3.63) is 0 Å². The van der Waals surface area contributed by atoms with Gasteiger partial charge in [0.15, 0.2) is 0 Å². The summed E-state index contributed by atoms with van der Waals surface area (Å²) in [4.78, 5) is 0. The highest BCUT2D eigenvalue weighted by molar-refractivity contribution is 5.03. The van der Waals surface area contributed by atoms with Crippen molar-refractivity contribution in [2.45, 2.75) is 155 Å². The summed E-state index contributed by atoms with van der Waals surface area (Å²) in [6.07, 6.45) is 34.1. The summed E-state index contributed by atoms with van der Waals surface area (Å²) in [5.41, 5.74) is 1.59. The van der Waals surface area contributed by atoms with Crippen molar-refractivity contribution < 1.29 is 0 Å². The largest absolute Gasteiger partial charge is 0.0654 e. The molecule has 0 saturated heterocycles. The van der Waals surface area contributed by atoms with Crippen molar-refractivity contribution >= 4 is 0 Å². The second kappa shape index (κ2) is 10.7. The van der Waals surface area contributed by atoms with E-state index in [-0.39, 0.29) is 0 Å². The average Bonchev–Trinajstić information content (AvgIpc) is 2.81. The van der Waals surface area contributed by atoms with E-state index in [4.69, 9.17) is 0 Å². The van der Waals surface area contributed by atoms with Crippen LogP contribution in [0.15, 0.2) is 0 Å². The maximum absolute atomic E-state index is 2.38. The Hall–Kier alpha value is 0. The van der Waals surface area contributed by atoms with E-state index in [0.29, 0.717) is 0 Å². The van der Waals surface area contributed by atoms with Gasteiger partial charge in [-0.2, -0.15) is 0 Å². The number of rotatable bonds is 10. The quantitative estimate of drug-likeness (QED) is 0.312. The SMILES string of the molecule is CCCCCCCC12CCC(C3CCC([C@H]4CC[C@H](CCC)CC4)CC3)(CC1)CC2. The Morgan fingerprint density at radius 2 is 1.13 bits per heavy atom. The molecule has 0 aromatic heterocycles. The Balaban J connectivity index is 1.19. The lowest BCUT2D eigenvalue weighted by Gasteiger charge is -2.58. The summed E-state index contributed by atoms with van der Waals surface area (Å²) in [5, 5.41) is 0. The minimum atomic E-state index is 0.794. The molecule has 5 rings (SSSR count). The van der Waals surface area contributed by atoms with E-state index in [2.05, 4.69) is 13.8 Å². The van der Waals surface area contributed by atoms with Crippen molar-refractivity contribution in [3.63, 3.8) is 0 Å². The van der Waals surface area contributed by atoms with Crippen LogP contribution in [-0.2, 0) is 0 Å². The van der Waals surface area contributed by atoms with Crippen LogP contribution in [0.5, 0.6) is 0 Å². The van der Waals surface area contributed by atoms with Gasteiger partial charge >= 0.3 is 0 Å². The molecule has 0 unspecified atom stereocenters. The topological polar surface area (TPSA) is 0 Å². The lowest BCUT2D eigenvalue weighted by atomic mass is 9.47. The van der Waals surface area contributed by atoms with Gasteiger partial charge in [-0.1, -0.05) is 71.6 Å². The van der Waals surface area contributed by atoms with Crippen LogP contribution < -0.4 is 0 Å². The van der Waals surface area contributed by atoms with Gasteiger partial charge in [0.2, 0.25) is 0 Å². The predicted molar refractivity (Wildman–Crippen MR) is 132 cm³/mol. The Kier molecular flexibility index (Phi) is 8.30. The zero-order valence-electron chi connectivity index (χ0n) is 20.9. The lowest BCUT2D eigenvalue weighted by Crippen LogP contribution is -2.46. The molecule has 174 valence electrons. The molecule has 0 spiro atoms. The molecule has 0 amide bonds. The number of hydrogen-bond donors (Lipinski definition) is 0. The van der Waals surface area contributed by atoms with Gasteiger partial charge in [0, 0.05) is 0 Å². The van der Waals surface area contributed by atoms with Crippen molar-refractivity contribution in [1.82, 2.24) is 0 Å². The molecule has 2 bridgehead atoms. The summed E-state index contributed by atoms with van der Waals surface area (Å²) >= 11 is 0. The maximum atomic E-state index is 2.38. The number of hydrogen-bond acceptors (Lipinski definition) is 0.